The maximum Gasteiger partial charge on any atom is 0.226 e. The molecule has 1 saturated carbocycles. The van der Waals surface area contributed by atoms with E-state index in [2.05, 4.69) is 15.6 Å². The van der Waals surface area contributed by atoms with E-state index in [1.165, 1.54) is 12.8 Å². The van der Waals surface area contributed by atoms with Crippen molar-refractivity contribution in [2.75, 3.05) is 45.2 Å². The van der Waals surface area contributed by atoms with Gasteiger partial charge in [-0.05, 0) is 50.3 Å². The van der Waals surface area contributed by atoms with Crippen LogP contribution in [0.1, 0.15) is 31.7 Å². The summed E-state index contributed by atoms with van der Waals surface area (Å²) in [5.74, 6) is 1.49. The number of aliphatic imine (C=N–C) groups is 1. The summed E-state index contributed by atoms with van der Waals surface area (Å²) < 4.78 is 5.69. The Kier molecular flexibility index (Phi) is 11.8. The first-order valence-corrected chi connectivity index (χ1v) is 10.0. The highest BCUT2D eigenvalue weighted by molar-refractivity contribution is 14.0. The number of halogens is 2. The van der Waals surface area contributed by atoms with Crippen molar-refractivity contribution in [1.82, 2.24) is 10.2 Å². The van der Waals surface area contributed by atoms with Crippen LogP contribution in [0.2, 0.25) is 5.02 Å². The van der Waals surface area contributed by atoms with E-state index in [-0.39, 0.29) is 29.9 Å². The van der Waals surface area contributed by atoms with Crippen LogP contribution in [0.25, 0.3) is 0 Å². The minimum atomic E-state index is -0.0737. The maximum atomic E-state index is 12.2. The Morgan fingerprint density at radius 2 is 2.14 bits per heavy atom. The van der Waals surface area contributed by atoms with Gasteiger partial charge < -0.3 is 20.3 Å². The average molecular weight is 523 g/mol. The number of anilines is 1. The standard InChI is InChI=1S/C20H31ClN4O2.HI/c1-4-22-20(25(3)12-13-27-14-16-8-9-16)23-11-10-19(26)24-18-7-5-6-17(21)15(18)2;/h5-7,16H,4,8-14H2,1-3H3,(H,22,23)(H,24,26);1H. The molecule has 8 heteroatoms. The Morgan fingerprint density at radius 3 is 2.82 bits per heavy atom. The number of amides is 1. The lowest BCUT2D eigenvalue weighted by molar-refractivity contribution is -0.116. The Labute approximate surface area is 190 Å². The summed E-state index contributed by atoms with van der Waals surface area (Å²) in [5, 5.41) is 6.80. The molecule has 2 N–H and O–H groups in total. The fourth-order valence-electron chi connectivity index (χ4n) is 2.53. The second-order valence-electron chi connectivity index (χ2n) is 6.89. The first kappa shape index (κ1) is 25.0. The number of likely N-dealkylation sites (N-methyl/N-ethyl adjacent to an activating group) is 1. The Morgan fingerprint density at radius 1 is 1.39 bits per heavy atom. The van der Waals surface area contributed by atoms with Crippen molar-refractivity contribution < 1.29 is 9.53 Å². The number of nitrogens with zero attached hydrogens (tertiary/aromatic N) is 2. The fraction of sp³-hybridized carbons (Fsp3) is 0.600. The van der Waals surface area contributed by atoms with Crippen molar-refractivity contribution in [3.8, 4) is 0 Å². The summed E-state index contributed by atoms with van der Waals surface area (Å²) in [6.07, 6.45) is 2.92. The number of ether oxygens (including phenoxy) is 1. The number of carbonyl (C=O) groups excluding carboxylic acids is 1. The van der Waals surface area contributed by atoms with Crippen molar-refractivity contribution >= 4 is 53.1 Å². The second-order valence-corrected chi connectivity index (χ2v) is 7.29. The molecule has 1 aliphatic carbocycles. The third-order valence-electron chi connectivity index (χ3n) is 4.46. The first-order valence-electron chi connectivity index (χ1n) is 9.63. The molecule has 0 saturated heterocycles. The Hall–Kier alpha value is -1.06. The smallest absolute Gasteiger partial charge is 0.226 e. The molecule has 1 aliphatic rings. The Bertz CT molecular complexity index is 653. The zero-order valence-corrected chi connectivity index (χ0v) is 20.0. The van der Waals surface area contributed by atoms with Gasteiger partial charge in [-0.15, -0.1) is 24.0 Å². The van der Waals surface area contributed by atoms with Crippen LogP contribution >= 0.6 is 35.6 Å². The minimum absolute atomic E-state index is 0. The minimum Gasteiger partial charge on any atom is -0.379 e. The first-order chi connectivity index (χ1) is 13.0. The molecule has 1 aromatic rings. The lowest BCUT2D eigenvalue weighted by atomic mass is 10.2. The summed E-state index contributed by atoms with van der Waals surface area (Å²) in [7, 11) is 1.98. The van der Waals surface area contributed by atoms with Gasteiger partial charge in [0.1, 0.15) is 0 Å². The number of benzene rings is 1. The number of guanidine groups is 1. The molecule has 0 bridgehead atoms. The van der Waals surface area contributed by atoms with Gasteiger partial charge in [0.15, 0.2) is 5.96 Å². The van der Waals surface area contributed by atoms with E-state index in [0.717, 1.165) is 42.8 Å². The summed E-state index contributed by atoms with van der Waals surface area (Å²) in [6.45, 7) is 7.44. The Balaban J connectivity index is 0.00000392. The lowest BCUT2D eigenvalue weighted by Gasteiger charge is -2.22. The highest BCUT2D eigenvalue weighted by Gasteiger charge is 2.21. The molecule has 1 aromatic carbocycles. The third kappa shape index (κ3) is 8.96. The zero-order valence-electron chi connectivity index (χ0n) is 17.0. The van der Waals surface area contributed by atoms with Gasteiger partial charge in [-0.2, -0.15) is 0 Å². The highest BCUT2D eigenvalue weighted by atomic mass is 127. The molecule has 0 unspecified atom stereocenters. The molecular weight excluding hydrogens is 491 g/mol. The van der Waals surface area contributed by atoms with Crippen LogP contribution in [0.3, 0.4) is 0 Å². The normalized spacial score (nSPS) is 13.6. The van der Waals surface area contributed by atoms with Crippen LogP contribution in [-0.4, -0.2) is 56.7 Å². The summed E-state index contributed by atoms with van der Waals surface area (Å²) in [5.41, 5.74) is 1.61. The average Bonchev–Trinajstić information content (AvgIpc) is 3.46. The largest absolute Gasteiger partial charge is 0.379 e. The molecule has 6 nitrogen and oxygen atoms in total. The monoisotopic (exact) mass is 522 g/mol. The molecule has 0 aromatic heterocycles. The van der Waals surface area contributed by atoms with Gasteiger partial charge in [0.25, 0.3) is 0 Å². The van der Waals surface area contributed by atoms with Gasteiger partial charge in [-0.1, -0.05) is 17.7 Å². The van der Waals surface area contributed by atoms with E-state index in [9.17, 15) is 4.79 Å². The number of hydrogen-bond donors (Lipinski definition) is 2. The molecular formula is C20H32ClIN4O2. The number of carbonyl (C=O) groups is 1. The fourth-order valence-corrected chi connectivity index (χ4v) is 2.71. The van der Waals surface area contributed by atoms with Crippen LogP contribution in [-0.2, 0) is 9.53 Å². The number of nitrogens with one attached hydrogen (secondary N) is 2. The van der Waals surface area contributed by atoms with Gasteiger partial charge in [0.2, 0.25) is 5.91 Å². The summed E-state index contributed by atoms with van der Waals surface area (Å²) in [6, 6.07) is 5.48. The summed E-state index contributed by atoms with van der Waals surface area (Å²) in [4.78, 5) is 18.8. The maximum absolute atomic E-state index is 12.2. The van der Waals surface area contributed by atoms with Gasteiger partial charge >= 0.3 is 0 Å². The lowest BCUT2D eigenvalue weighted by Crippen LogP contribution is -2.40. The van der Waals surface area contributed by atoms with Gasteiger partial charge in [-0.25, -0.2) is 0 Å². The van der Waals surface area contributed by atoms with Gasteiger partial charge in [0, 0.05) is 43.9 Å². The van der Waals surface area contributed by atoms with E-state index < -0.39 is 0 Å². The van der Waals surface area contributed by atoms with Crippen molar-refractivity contribution in [3.05, 3.63) is 28.8 Å². The predicted octanol–water partition coefficient (Wildman–Crippen LogP) is 3.92. The predicted molar refractivity (Wildman–Crippen MR) is 127 cm³/mol. The molecule has 28 heavy (non-hydrogen) atoms. The topological polar surface area (TPSA) is 66.0 Å². The van der Waals surface area contributed by atoms with Crippen molar-refractivity contribution in [2.45, 2.75) is 33.1 Å². The molecule has 0 spiro atoms. The summed E-state index contributed by atoms with van der Waals surface area (Å²) >= 11 is 6.09. The second kappa shape index (κ2) is 13.2. The van der Waals surface area contributed by atoms with E-state index in [4.69, 9.17) is 16.3 Å². The molecule has 0 atom stereocenters. The van der Waals surface area contributed by atoms with E-state index in [1.807, 2.05) is 44.0 Å². The van der Waals surface area contributed by atoms with Crippen LogP contribution in [0.4, 0.5) is 5.69 Å². The molecule has 158 valence electrons. The van der Waals surface area contributed by atoms with Crippen molar-refractivity contribution in [2.24, 2.45) is 10.9 Å². The zero-order chi connectivity index (χ0) is 19.6. The molecule has 1 amide bonds. The molecule has 0 aliphatic heterocycles. The van der Waals surface area contributed by atoms with Gasteiger partial charge in [0.05, 0.1) is 13.2 Å². The van der Waals surface area contributed by atoms with E-state index >= 15 is 0 Å². The third-order valence-corrected chi connectivity index (χ3v) is 4.87. The van der Waals surface area contributed by atoms with E-state index in [1.54, 1.807) is 0 Å². The number of rotatable bonds is 10. The van der Waals surface area contributed by atoms with Crippen molar-refractivity contribution in [3.63, 3.8) is 0 Å². The van der Waals surface area contributed by atoms with Crippen LogP contribution in [0, 0.1) is 12.8 Å². The SMILES string of the molecule is CCNC(=NCCC(=O)Nc1cccc(Cl)c1C)N(C)CCOCC1CC1.I. The van der Waals surface area contributed by atoms with Crippen molar-refractivity contribution in [1.29, 1.82) is 0 Å². The highest BCUT2D eigenvalue weighted by Crippen LogP contribution is 2.28. The molecule has 0 radical (unpaired) electrons. The quantitative estimate of drug-likeness (QED) is 0.212. The molecule has 1 fully saturated rings. The van der Waals surface area contributed by atoms with Crippen LogP contribution in [0.5, 0.6) is 0 Å². The van der Waals surface area contributed by atoms with Crippen LogP contribution in [0.15, 0.2) is 23.2 Å². The number of hydrogen-bond acceptors (Lipinski definition) is 3. The molecule has 0 heterocycles. The van der Waals surface area contributed by atoms with Gasteiger partial charge in [-0.3, -0.25) is 9.79 Å². The van der Waals surface area contributed by atoms with E-state index in [0.29, 0.717) is 24.6 Å². The van der Waals surface area contributed by atoms with Crippen LogP contribution < -0.4 is 10.6 Å². The molecule has 2 rings (SSSR count).